The van der Waals surface area contributed by atoms with Crippen molar-refractivity contribution >= 4 is 41.3 Å². The number of ether oxygens (including phenoxy) is 1. The maximum absolute atomic E-state index is 5.90. The quantitative estimate of drug-likeness (QED) is 0.199. The highest BCUT2D eigenvalue weighted by atomic mass is 127. The number of hydrogen-bond acceptors (Lipinski definition) is 4. The highest BCUT2D eigenvalue weighted by Gasteiger charge is 2.04. The number of aliphatic imine (C=N–C) groups is 1. The standard InChI is InChI=1S/C21H32N4OS.HI/c1-4-20-25-19(16-27-20)12-14-24-21(22-5-2)23-13-9-15-26-17(3)18-10-7-6-8-11-18;/h6-8,10-11,16-17H,4-5,9,12-15H2,1-3H3,(H2,22,23,24);1H. The molecule has 1 aromatic heterocycles. The minimum atomic E-state index is 0. The molecule has 5 nitrogen and oxygen atoms in total. The molecular formula is C21H33IN4OS. The molecule has 0 fully saturated rings. The van der Waals surface area contributed by atoms with Gasteiger partial charge < -0.3 is 15.4 Å². The molecule has 0 spiro atoms. The number of aromatic nitrogens is 1. The zero-order valence-corrected chi connectivity index (χ0v) is 20.3. The van der Waals surface area contributed by atoms with Crippen molar-refractivity contribution in [3.8, 4) is 0 Å². The Kier molecular flexibility index (Phi) is 13.1. The average Bonchev–Trinajstić information content (AvgIpc) is 3.16. The lowest BCUT2D eigenvalue weighted by Gasteiger charge is -2.13. The second-order valence-corrected chi connectivity index (χ2v) is 7.24. The number of aryl methyl sites for hydroxylation is 1. The van der Waals surface area contributed by atoms with Crippen LogP contribution in [0.4, 0.5) is 0 Å². The van der Waals surface area contributed by atoms with Crippen molar-refractivity contribution in [3.63, 3.8) is 0 Å². The third kappa shape index (κ3) is 9.34. The lowest BCUT2D eigenvalue weighted by atomic mass is 10.1. The normalized spacial score (nSPS) is 12.3. The second kappa shape index (κ2) is 14.8. The van der Waals surface area contributed by atoms with Gasteiger partial charge in [-0.3, -0.25) is 4.99 Å². The first kappa shape index (κ1) is 24.8. The van der Waals surface area contributed by atoms with Gasteiger partial charge in [0.15, 0.2) is 5.96 Å². The number of rotatable bonds is 11. The van der Waals surface area contributed by atoms with E-state index < -0.39 is 0 Å². The molecule has 0 aliphatic heterocycles. The van der Waals surface area contributed by atoms with Crippen LogP contribution in [0.25, 0.3) is 0 Å². The number of nitrogens with zero attached hydrogens (tertiary/aromatic N) is 2. The van der Waals surface area contributed by atoms with E-state index in [0.29, 0.717) is 6.61 Å². The summed E-state index contributed by atoms with van der Waals surface area (Å²) in [7, 11) is 0. The van der Waals surface area contributed by atoms with Gasteiger partial charge in [-0.05, 0) is 32.3 Å². The fraction of sp³-hybridized carbons (Fsp3) is 0.524. The summed E-state index contributed by atoms with van der Waals surface area (Å²) in [5.74, 6) is 0.861. The Hall–Kier alpha value is -1.19. The van der Waals surface area contributed by atoms with Gasteiger partial charge in [-0.1, -0.05) is 37.3 Å². The predicted octanol–water partition coefficient (Wildman–Crippen LogP) is 4.59. The molecule has 28 heavy (non-hydrogen) atoms. The van der Waals surface area contributed by atoms with Crippen molar-refractivity contribution in [1.29, 1.82) is 0 Å². The van der Waals surface area contributed by atoms with Crippen molar-refractivity contribution in [2.45, 2.75) is 46.1 Å². The molecule has 1 heterocycles. The molecule has 0 saturated carbocycles. The summed E-state index contributed by atoms with van der Waals surface area (Å²) >= 11 is 1.74. The smallest absolute Gasteiger partial charge is 0.191 e. The Labute approximate surface area is 190 Å². The fourth-order valence-corrected chi connectivity index (χ4v) is 3.39. The van der Waals surface area contributed by atoms with Crippen molar-refractivity contribution in [2.24, 2.45) is 4.99 Å². The maximum atomic E-state index is 5.90. The first-order valence-electron chi connectivity index (χ1n) is 9.85. The summed E-state index contributed by atoms with van der Waals surface area (Å²) in [5.41, 5.74) is 2.37. The zero-order valence-electron chi connectivity index (χ0n) is 17.1. The Morgan fingerprint density at radius 1 is 1.21 bits per heavy atom. The molecule has 0 aliphatic carbocycles. The summed E-state index contributed by atoms with van der Waals surface area (Å²) in [5, 5.41) is 10.0. The van der Waals surface area contributed by atoms with Gasteiger partial charge in [0.2, 0.25) is 0 Å². The van der Waals surface area contributed by atoms with E-state index in [9.17, 15) is 0 Å². The largest absolute Gasteiger partial charge is 0.374 e. The Bertz CT molecular complexity index is 678. The van der Waals surface area contributed by atoms with E-state index in [-0.39, 0.29) is 30.1 Å². The minimum absolute atomic E-state index is 0. The third-order valence-corrected chi connectivity index (χ3v) is 5.17. The van der Waals surface area contributed by atoms with Crippen LogP contribution in [0.1, 0.15) is 49.6 Å². The Balaban J connectivity index is 0.00000392. The number of halogens is 1. The van der Waals surface area contributed by atoms with E-state index in [1.54, 1.807) is 11.3 Å². The van der Waals surface area contributed by atoms with Crippen LogP contribution >= 0.6 is 35.3 Å². The molecule has 7 heteroatoms. The SMILES string of the molecule is CCNC(=NCCCOC(C)c1ccccc1)NCCc1csc(CC)n1.I. The summed E-state index contributed by atoms with van der Waals surface area (Å²) in [6.07, 6.45) is 2.94. The maximum Gasteiger partial charge on any atom is 0.191 e. The van der Waals surface area contributed by atoms with E-state index in [2.05, 4.69) is 58.9 Å². The van der Waals surface area contributed by atoms with Crippen LogP contribution in [0.5, 0.6) is 0 Å². The van der Waals surface area contributed by atoms with E-state index in [1.807, 2.05) is 18.2 Å². The van der Waals surface area contributed by atoms with E-state index in [0.717, 1.165) is 50.6 Å². The van der Waals surface area contributed by atoms with Gasteiger partial charge in [0, 0.05) is 38.0 Å². The van der Waals surface area contributed by atoms with Crippen LogP contribution in [-0.2, 0) is 17.6 Å². The molecule has 1 unspecified atom stereocenters. The topological polar surface area (TPSA) is 58.5 Å². The van der Waals surface area contributed by atoms with E-state index in [4.69, 9.17) is 4.74 Å². The minimum Gasteiger partial charge on any atom is -0.374 e. The van der Waals surface area contributed by atoms with Crippen molar-refractivity contribution in [1.82, 2.24) is 15.6 Å². The van der Waals surface area contributed by atoms with Crippen LogP contribution in [-0.4, -0.2) is 37.2 Å². The molecule has 0 aliphatic rings. The highest BCUT2D eigenvalue weighted by molar-refractivity contribution is 14.0. The van der Waals surface area contributed by atoms with E-state index >= 15 is 0 Å². The third-order valence-electron chi connectivity index (χ3n) is 4.13. The van der Waals surface area contributed by atoms with Gasteiger partial charge >= 0.3 is 0 Å². The lowest BCUT2D eigenvalue weighted by Crippen LogP contribution is -2.38. The van der Waals surface area contributed by atoms with Gasteiger partial charge in [0.1, 0.15) is 0 Å². The Morgan fingerprint density at radius 2 is 2.00 bits per heavy atom. The molecule has 1 aromatic carbocycles. The van der Waals surface area contributed by atoms with Crippen LogP contribution < -0.4 is 10.6 Å². The molecule has 1 atom stereocenters. The van der Waals surface area contributed by atoms with Crippen LogP contribution in [0.15, 0.2) is 40.7 Å². The van der Waals surface area contributed by atoms with Gasteiger partial charge in [-0.25, -0.2) is 4.98 Å². The molecule has 2 rings (SSSR count). The summed E-state index contributed by atoms with van der Waals surface area (Å²) in [4.78, 5) is 9.23. The summed E-state index contributed by atoms with van der Waals surface area (Å²) < 4.78 is 5.90. The van der Waals surface area contributed by atoms with Gasteiger partial charge in [0.05, 0.1) is 16.8 Å². The number of guanidine groups is 1. The molecule has 0 saturated heterocycles. The molecule has 2 aromatic rings. The molecule has 0 amide bonds. The van der Waals surface area contributed by atoms with Crippen molar-refractivity contribution in [2.75, 3.05) is 26.2 Å². The first-order chi connectivity index (χ1) is 13.2. The molecular weight excluding hydrogens is 483 g/mol. The number of benzene rings is 1. The second-order valence-electron chi connectivity index (χ2n) is 6.30. The molecule has 2 N–H and O–H groups in total. The predicted molar refractivity (Wildman–Crippen MR) is 130 cm³/mol. The fourth-order valence-electron chi connectivity index (χ4n) is 2.61. The van der Waals surface area contributed by atoms with Crippen LogP contribution in [0.3, 0.4) is 0 Å². The van der Waals surface area contributed by atoms with Gasteiger partial charge in [0.25, 0.3) is 0 Å². The average molecular weight is 516 g/mol. The van der Waals surface area contributed by atoms with E-state index in [1.165, 1.54) is 10.6 Å². The Morgan fingerprint density at radius 3 is 2.68 bits per heavy atom. The lowest BCUT2D eigenvalue weighted by molar-refractivity contribution is 0.0652. The first-order valence-corrected chi connectivity index (χ1v) is 10.7. The summed E-state index contributed by atoms with van der Waals surface area (Å²) in [6, 6.07) is 10.3. The molecule has 156 valence electrons. The van der Waals surface area contributed by atoms with Crippen molar-refractivity contribution in [3.05, 3.63) is 52.0 Å². The zero-order chi connectivity index (χ0) is 19.3. The number of thiazole rings is 1. The summed E-state index contributed by atoms with van der Waals surface area (Å²) in [6.45, 7) is 9.44. The van der Waals surface area contributed by atoms with Gasteiger partial charge in [-0.15, -0.1) is 35.3 Å². The van der Waals surface area contributed by atoms with Crippen LogP contribution in [0.2, 0.25) is 0 Å². The monoisotopic (exact) mass is 516 g/mol. The number of hydrogen-bond donors (Lipinski definition) is 2. The van der Waals surface area contributed by atoms with Crippen LogP contribution in [0, 0.1) is 0 Å². The van der Waals surface area contributed by atoms with Crippen molar-refractivity contribution < 1.29 is 4.74 Å². The number of nitrogens with one attached hydrogen (secondary N) is 2. The molecule has 0 bridgehead atoms. The highest BCUT2D eigenvalue weighted by Crippen LogP contribution is 2.15. The van der Waals surface area contributed by atoms with Gasteiger partial charge in [-0.2, -0.15) is 0 Å². The molecule has 0 radical (unpaired) electrons.